The summed E-state index contributed by atoms with van der Waals surface area (Å²) in [5.41, 5.74) is 0. The summed E-state index contributed by atoms with van der Waals surface area (Å²) in [4.78, 5) is 2.65. The van der Waals surface area contributed by atoms with Gasteiger partial charge in [-0.25, -0.2) is 0 Å². The topological polar surface area (TPSA) is 24.5 Å². The number of ether oxygens (including phenoxy) is 1. The molecular weight excluding hydrogens is 236 g/mol. The van der Waals surface area contributed by atoms with Gasteiger partial charge in [-0.1, -0.05) is 27.7 Å². The highest BCUT2D eigenvalue weighted by atomic mass is 16.5. The second kappa shape index (κ2) is 7.05. The minimum absolute atomic E-state index is 0.637. The van der Waals surface area contributed by atoms with Gasteiger partial charge in [-0.3, -0.25) is 4.90 Å². The zero-order valence-corrected chi connectivity index (χ0v) is 13.2. The molecule has 0 amide bonds. The highest BCUT2D eigenvalue weighted by Crippen LogP contribution is 2.28. The molecule has 3 heteroatoms. The van der Waals surface area contributed by atoms with E-state index in [-0.39, 0.29) is 0 Å². The van der Waals surface area contributed by atoms with Crippen molar-refractivity contribution in [1.82, 2.24) is 10.2 Å². The van der Waals surface area contributed by atoms with Crippen LogP contribution >= 0.6 is 0 Å². The van der Waals surface area contributed by atoms with Crippen LogP contribution in [-0.2, 0) is 4.74 Å². The molecule has 19 heavy (non-hydrogen) atoms. The quantitative estimate of drug-likeness (QED) is 0.718. The van der Waals surface area contributed by atoms with E-state index in [1.807, 2.05) is 0 Å². The number of rotatable bonds is 7. The van der Waals surface area contributed by atoms with Gasteiger partial charge in [-0.2, -0.15) is 0 Å². The number of hydrogen-bond donors (Lipinski definition) is 1. The van der Waals surface area contributed by atoms with Crippen molar-refractivity contribution in [3.63, 3.8) is 0 Å². The minimum Gasteiger partial charge on any atom is -0.380 e. The third-order valence-corrected chi connectivity index (χ3v) is 4.64. The predicted molar refractivity (Wildman–Crippen MR) is 80.4 cm³/mol. The second-order valence-corrected chi connectivity index (χ2v) is 7.08. The van der Waals surface area contributed by atoms with Gasteiger partial charge < -0.3 is 10.1 Å². The number of hydrogen-bond acceptors (Lipinski definition) is 3. The molecule has 1 saturated heterocycles. The van der Waals surface area contributed by atoms with Gasteiger partial charge in [0.05, 0.1) is 6.61 Å². The van der Waals surface area contributed by atoms with E-state index in [9.17, 15) is 0 Å². The van der Waals surface area contributed by atoms with Crippen LogP contribution in [0.25, 0.3) is 0 Å². The first-order valence-corrected chi connectivity index (χ1v) is 8.13. The van der Waals surface area contributed by atoms with Crippen molar-refractivity contribution < 1.29 is 4.74 Å². The van der Waals surface area contributed by atoms with Gasteiger partial charge in [0, 0.05) is 38.3 Å². The Labute approximate surface area is 119 Å². The van der Waals surface area contributed by atoms with Gasteiger partial charge in [-0.15, -0.1) is 0 Å². The lowest BCUT2D eigenvalue weighted by atomic mass is 9.94. The van der Waals surface area contributed by atoms with E-state index in [0.717, 1.165) is 32.2 Å². The van der Waals surface area contributed by atoms with Crippen molar-refractivity contribution in [3.8, 4) is 0 Å². The number of nitrogens with zero attached hydrogens (tertiary/aromatic N) is 1. The fraction of sp³-hybridized carbons (Fsp3) is 1.00. The Morgan fingerprint density at radius 2 is 1.89 bits per heavy atom. The summed E-state index contributed by atoms with van der Waals surface area (Å²) < 4.78 is 5.82. The van der Waals surface area contributed by atoms with Crippen LogP contribution in [0.3, 0.4) is 0 Å². The number of piperazine rings is 1. The van der Waals surface area contributed by atoms with Gasteiger partial charge in [0.2, 0.25) is 0 Å². The van der Waals surface area contributed by atoms with Crippen LogP contribution in [-0.4, -0.2) is 49.8 Å². The third kappa shape index (κ3) is 4.73. The maximum Gasteiger partial charge on any atom is 0.0593 e. The van der Waals surface area contributed by atoms with E-state index < -0.39 is 0 Å². The fourth-order valence-electron chi connectivity index (χ4n) is 2.93. The Kier molecular flexibility index (Phi) is 5.67. The van der Waals surface area contributed by atoms with Gasteiger partial charge >= 0.3 is 0 Å². The largest absolute Gasteiger partial charge is 0.380 e. The molecule has 2 fully saturated rings. The highest BCUT2D eigenvalue weighted by Gasteiger charge is 2.30. The normalized spacial score (nSPS) is 29.4. The SMILES string of the molecule is CC(C)C1CN(CCOCC2CC2)C(C(C)C)CN1. The zero-order valence-electron chi connectivity index (χ0n) is 13.2. The molecule has 112 valence electrons. The molecule has 1 saturated carbocycles. The van der Waals surface area contributed by atoms with Gasteiger partial charge in [-0.05, 0) is 30.6 Å². The predicted octanol–water partition coefficient (Wildman–Crippen LogP) is 2.37. The van der Waals surface area contributed by atoms with Gasteiger partial charge in [0.1, 0.15) is 0 Å². The molecule has 0 radical (unpaired) electrons. The van der Waals surface area contributed by atoms with Crippen molar-refractivity contribution in [2.75, 3.05) is 32.8 Å². The van der Waals surface area contributed by atoms with Crippen LogP contribution in [0.4, 0.5) is 0 Å². The van der Waals surface area contributed by atoms with Crippen LogP contribution in [0.15, 0.2) is 0 Å². The average Bonchev–Trinajstić information content (AvgIpc) is 3.18. The summed E-state index contributed by atoms with van der Waals surface area (Å²) in [5, 5.41) is 3.72. The lowest BCUT2D eigenvalue weighted by Gasteiger charge is -2.43. The summed E-state index contributed by atoms with van der Waals surface area (Å²) in [6.07, 6.45) is 2.77. The lowest BCUT2D eigenvalue weighted by molar-refractivity contribution is 0.0409. The van der Waals surface area contributed by atoms with Crippen LogP contribution in [0.1, 0.15) is 40.5 Å². The minimum atomic E-state index is 0.637. The van der Waals surface area contributed by atoms with E-state index in [1.165, 1.54) is 19.4 Å². The van der Waals surface area contributed by atoms with Crippen molar-refractivity contribution in [3.05, 3.63) is 0 Å². The van der Waals surface area contributed by atoms with E-state index in [0.29, 0.717) is 23.9 Å². The lowest BCUT2D eigenvalue weighted by Crippen LogP contribution is -2.60. The number of nitrogens with one attached hydrogen (secondary N) is 1. The zero-order chi connectivity index (χ0) is 13.8. The van der Waals surface area contributed by atoms with E-state index >= 15 is 0 Å². The summed E-state index contributed by atoms with van der Waals surface area (Å²) in [6.45, 7) is 14.6. The van der Waals surface area contributed by atoms with E-state index in [2.05, 4.69) is 37.9 Å². The van der Waals surface area contributed by atoms with Crippen LogP contribution in [0.5, 0.6) is 0 Å². The van der Waals surface area contributed by atoms with E-state index in [4.69, 9.17) is 4.74 Å². The smallest absolute Gasteiger partial charge is 0.0593 e. The van der Waals surface area contributed by atoms with Crippen LogP contribution < -0.4 is 5.32 Å². The summed E-state index contributed by atoms with van der Waals surface area (Å²) in [7, 11) is 0. The van der Waals surface area contributed by atoms with Crippen molar-refractivity contribution in [2.24, 2.45) is 17.8 Å². The Hall–Kier alpha value is -0.120. The molecule has 2 rings (SSSR count). The van der Waals surface area contributed by atoms with Crippen LogP contribution in [0.2, 0.25) is 0 Å². The molecule has 1 aliphatic heterocycles. The molecule has 2 aliphatic rings. The van der Waals surface area contributed by atoms with E-state index in [1.54, 1.807) is 0 Å². The van der Waals surface area contributed by atoms with Crippen LogP contribution in [0, 0.1) is 17.8 Å². The van der Waals surface area contributed by atoms with Crippen molar-refractivity contribution >= 4 is 0 Å². The van der Waals surface area contributed by atoms with Gasteiger partial charge in [0.15, 0.2) is 0 Å². The molecule has 1 heterocycles. The Balaban J connectivity index is 1.76. The molecule has 1 aliphatic carbocycles. The maximum atomic E-state index is 5.82. The summed E-state index contributed by atoms with van der Waals surface area (Å²) in [6, 6.07) is 1.30. The fourth-order valence-corrected chi connectivity index (χ4v) is 2.93. The molecule has 2 unspecified atom stereocenters. The molecular formula is C16H32N2O. The third-order valence-electron chi connectivity index (χ3n) is 4.64. The highest BCUT2D eigenvalue weighted by molar-refractivity contribution is 4.89. The molecule has 0 bridgehead atoms. The molecule has 0 aromatic rings. The summed E-state index contributed by atoms with van der Waals surface area (Å²) >= 11 is 0. The van der Waals surface area contributed by atoms with Crippen molar-refractivity contribution in [1.29, 1.82) is 0 Å². The Bertz CT molecular complexity index is 263. The second-order valence-electron chi connectivity index (χ2n) is 7.08. The Morgan fingerprint density at radius 1 is 1.16 bits per heavy atom. The maximum absolute atomic E-state index is 5.82. The molecule has 2 atom stereocenters. The molecule has 0 aromatic heterocycles. The molecule has 0 aromatic carbocycles. The monoisotopic (exact) mass is 268 g/mol. The Morgan fingerprint density at radius 3 is 2.47 bits per heavy atom. The molecule has 0 spiro atoms. The summed E-state index contributed by atoms with van der Waals surface area (Å²) in [5.74, 6) is 2.30. The first-order chi connectivity index (χ1) is 9.08. The average molecular weight is 268 g/mol. The first-order valence-electron chi connectivity index (χ1n) is 8.13. The van der Waals surface area contributed by atoms with Gasteiger partial charge in [0.25, 0.3) is 0 Å². The molecule has 1 N–H and O–H groups in total. The molecule has 3 nitrogen and oxygen atoms in total. The standard InChI is InChI=1S/C16H32N2O/c1-12(2)15-10-18(16(9-17-15)13(3)4)7-8-19-11-14-5-6-14/h12-17H,5-11H2,1-4H3. The first kappa shape index (κ1) is 15.3. The van der Waals surface area contributed by atoms with Crippen molar-refractivity contribution in [2.45, 2.75) is 52.6 Å².